The molecule has 66 valence electrons. The fraction of sp³-hybridized carbons (Fsp3) is 0.889. The molecule has 0 aromatic carbocycles. The van der Waals surface area contributed by atoms with E-state index in [1.807, 2.05) is 0 Å². The summed E-state index contributed by atoms with van der Waals surface area (Å²) in [5, 5.41) is 0. The molecule has 0 rings (SSSR count). The molecule has 0 unspecified atom stereocenters. The molecule has 2 nitrogen and oxygen atoms in total. The van der Waals surface area contributed by atoms with E-state index in [4.69, 9.17) is 4.74 Å². The number of hydrogen-bond acceptors (Lipinski definition) is 2. The van der Waals surface area contributed by atoms with Crippen LogP contribution in [0.1, 0.15) is 40.0 Å². The van der Waals surface area contributed by atoms with Crippen LogP contribution in [0, 0.1) is 0 Å². The highest BCUT2D eigenvalue weighted by molar-refractivity contribution is 5.50. The summed E-state index contributed by atoms with van der Waals surface area (Å²) in [7, 11) is 0. The molecule has 0 saturated heterocycles. The summed E-state index contributed by atoms with van der Waals surface area (Å²) < 4.78 is 5.46. The van der Waals surface area contributed by atoms with Crippen LogP contribution in [-0.4, -0.2) is 18.5 Å². The van der Waals surface area contributed by atoms with Crippen molar-refractivity contribution in [3.05, 3.63) is 0 Å². The Labute approximate surface area is 68.9 Å². The molecule has 0 bridgehead atoms. The Balaban J connectivity index is 3.93. The lowest BCUT2D eigenvalue weighted by molar-refractivity contribution is -0.120. The molecule has 0 saturated carbocycles. The third kappa shape index (κ3) is 3.02. The molecule has 0 aromatic rings. The van der Waals surface area contributed by atoms with Crippen LogP contribution < -0.4 is 0 Å². The van der Waals surface area contributed by atoms with Crippen LogP contribution in [0.25, 0.3) is 0 Å². The van der Waals surface area contributed by atoms with E-state index in [0.717, 1.165) is 25.5 Å². The fourth-order valence-electron chi connectivity index (χ4n) is 1.27. The summed E-state index contributed by atoms with van der Waals surface area (Å²) >= 11 is 0. The van der Waals surface area contributed by atoms with Crippen molar-refractivity contribution in [2.75, 3.05) is 6.61 Å². The monoisotopic (exact) mass is 158 g/mol. The van der Waals surface area contributed by atoms with Gasteiger partial charge in [-0.25, -0.2) is 0 Å². The van der Waals surface area contributed by atoms with Crippen LogP contribution in [0.4, 0.5) is 0 Å². The highest BCUT2D eigenvalue weighted by Crippen LogP contribution is 2.23. The van der Waals surface area contributed by atoms with Crippen molar-refractivity contribution in [3.8, 4) is 0 Å². The maximum absolute atomic E-state index is 10.1. The largest absolute Gasteiger partial charge is 0.368 e. The van der Waals surface area contributed by atoms with Crippen LogP contribution >= 0.6 is 0 Å². The van der Waals surface area contributed by atoms with Crippen molar-refractivity contribution in [2.24, 2.45) is 0 Å². The van der Waals surface area contributed by atoms with Gasteiger partial charge in [-0.05, 0) is 19.3 Å². The quantitative estimate of drug-likeness (QED) is 0.554. The smallest absolute Gasteiger partial charge is 0.145 e. The first kappa shape index (κ1) is 10.6. The Morgan fingerprint density at radius 2 is 1.64 bits per heavy atom. The molecule has 0 heterocycles. The van der Waals surface area contributed by atoms with Crippen molar-refractivity contribution < 1.29 is 9.53 Å². The van der Waals surface area contributed by atoms with E-state index in [1.165, 1.54) is 0 Å². The van der Waals surface area contributed by atoms with Gasteiger partial charge in [0.25, 0.3) is 0 Å². The van der Waals surface area contributed by atoms with Gasteiger partial charge in [-0.3, -0.25) is 0 Å². The van der Waals surface area contributed by atoms with Gasteiger partial charge < -0.3 is 9.53 Å². The molecule has 2 heteroatoms. The molecular weight excluding hydrogens is 140 g/mol. The lowest BCUT2D eigenvalue weighted by Crippen LogP contribution is -2.30. The van der Waals surface area contributed by atoms with Gasteiger partial charge >= 0.3 is 0 Å². The van der Waals surface area contributed by atoms with Gasteiger partial charge in [0.1, 0.15) is 12.9 Å². The van der Waals surface area contributed by atoms with Gasteiger partial charge in [-0.2, -0.15) is 0 Å². The van der Waals surface area contributed by atoms with Crippen molar-refractivity contribution >= 4 is 6.29 Å². The molecule has 0 aromatic heterocycles. The SMILES string of the molecule is CCC(CC)(CC)OCC=O. The molecule has 0 aliphatic heterocycles. The molecule has 0 radical (unpaired) electrons. The third-order valence-corrected chi connectivity index (χ3v) is 2.39. The van der Waals surface area contributed by atoms with Gasteiger partial charge in [0.2, 0.25) is 0 Å². The van der Waals surface area contributed by atoms with Crippen LogP contribution in [0.5, 0.6) is 0 Å². The van der Waals surface area contributed by atoms with Gasteiger partial charge in [0, 0.05) is 0 Å². The van der Waals surface area contributed by atoms with Gasteiger partial charge in [0.05, 0.1) is 5.60 Å². The molecule has 11 heavy (non-hydrogen) atoms. The Morgan fingerprint density at radius 3 is 1.91 bits per heavy atom. The average Bonchev–Trinajstić information content (AvgIpc) is 2.08. The Kier molecular flexibility index (Phi) is 5.12. The van der Waals surface area contributed by atoms with Crippen LogP contribution in [0.15, 0.2) is 0 Å². The van der Waals surface area contributed by atoms with Crippen molar-refractivity contribution in [3.63, 3.8) is 0 Å². The lowest BCUT2D eigenvalue weighted by atomic mass is 9.94. The van der Waals surface area contributed by atoms with Crippen LogP contribution in [0.2, 0.25) is 0 Å². The number of rotatable bonds is 6. The van der Waals surface area contributed by atoms with Crippen LogP contribution in [0.3, 0.4) is 0 Å². The maximum atomic E-state index is 10.1. The summed E-state index contributed by atoms with van der Waals surface area (Å²) in [6.07, 6.45) is 3.76. The summed E-state index contributed by atoms with van der Waals surface area (Å²) in [5.74, 6) is 0. The minimum atomic E-state index is -0.0547. The van der Waals surface area contributed by atoms with E-state index < -0.39 is 0 Å². The van der Waals surface area contributed by atoms with Crippen molar-refractivity contribution in [1.82, 2.24) is 0 Å². The predicted octanol–water partition coefficient (Wildman–Crippen LogP) is 2.17. The van der Waals surface area contributed by atoms with Crippen molar-refractivity contribution in [1.29, 1.82) is 0 Å². The Bertz CT molecular complexity index is 97.9. The number of hydrogen-bond donors (Lipinski definition) is 0. The number of aldehydes is 1. The Hall–Kier alpha value is -0.370. The lowest BCUT2D eigenvalue weighted by Gasteiger charge is -2.29. The second-order valence-corrected chi connectivity index (χ2v) is 2.72. The third-order valence-electron chi connectivity index (χ3n) is 2.39. The van der Waals surface area contributed by atoms with Crippen molar-refractivity contribution in [2.45, 2.75) is 45.6 Å². The molecule has 0 N–H and O–H groups in total. The molecular formula is C9H18O2. The van der Waals surface area contributed by atoms with E-state index in [1.54, 1.807) is 0 Å². The second-order valence-electron chi connectivity index (χ2n) is 2.72. The second kappa shape index (κ2) is 5.30. The van der Waals surface area contributed by atoms with Gasteiger partial charge in [0.15, 0.2) is 0 Å². The highest BCUT2D eigenvalue weighted by atomic mass is 16.5. The summed E-state index contributed by atoms with van der Waals surface area (Å²) in [4.78, 5) is 10.1. The number of carbonyl (C=O) groups excluding carboxylic acids is 1. The van der Waals surface area contributed by atoms with Crippen LogP contribution in [-0.2, 0) is 9.53 Å². The van der Waals surface area contributed by atoms with E-state index in [2.05, 4.69) is 20.8 Å². The first-order valence-electron chi connectivity index (χ1n) is 4.32. The Morgan fingerprint density at radius 1 is 1.18 bits per heavy atom. The van der Waals surface area contributed by atoms with E-state index >= 15 is 0 Å². The minimum Gasteiger partial charge on any atom is -0.368 e. The van der Waals surface area contributed by atoms with E-state index in [-0.39, 0.29) is 12.2 Å². The zero-order chi connectivity index (χ0) is 8.74. The zero-order valence-corrected chi connectivity index (χ0v) is 7.72. The predicted molar refractivity (Wildman–Crippen MR) is 45.6 cm³/mol. The topological polar surface area (TPSA) is 26.3 Å². The highest BCUT2D eigenvalue weighted by Gasteiger charge is 2.23. The van der Waals surface area contributed by atoms with Gasteiger partial charge in [-0.15, -0.1) is 0 Å². The molecule has 0 fully saturated rings. The summed E-state index contributed by atoms with van der Waals surface area (Å²) in [6, 6.07) is 0. The normalized spacial score (nSPS) is 11.5. The standard InChI is InChI=1S/C9H18O2/c1-4-9(5-2,6-3)11-8-7-10/h7H,4-6,8H2,1-3H3. The van der Waals surface area contributed by atoms with Gasteiger partial charge in [-0.1, -0.05) is 20.8 Å². The maximum Gasteiger partial charge on any atom is 0.145 e. The summed E-state index contributed by atoms with van der Waals surface area (Å²) in [5.41, 5.74) is -0.0547. The average molecular weight is 158 g/mol. The molecule has 0 aliphatic rings. The summed E-state index contributed by atoms with van der Waals surface area (Å²) in [6.45, 7) is 6.52. The van der Waals surface area contributed by atoms with E-state index in [0.29, 0.717) is 0 Å². The number of carbonyl (C=O) groups is 1. The molecule has 0 amide bonds. The zero-order valence-electron chi connectivity index (χ0n) is 7.72. The first-order valence-corrected chi connectivity index (χ1v) is 4.32. The molecule has 0 atom stereocenters. The fourth-order valence-corrected chi connectivity index (χ4v) is 1.27. The molecule has 0 spiro atoms. The number of ether oxygens (including phenoxy) is 1. The minimum absolute atomic E-state index is 0.0547. The molecule has 0 aliphatic carbocycles. The first-order chi connectivity index (χ1) is 5.24. The van der Waals surface area contributed by atoms with E-state index in [9.17, 15) is 4.79 Å².